The smallest absolute Gasteiger partial charge is 0.341 e. The number of carbonyl (C=O) groups is 2. The van der Waals surface area contributed by atoms with Gasteiger partial charge in [-0.2, -0.15) is 0 Å². The van der Waals surface area contributed by atoms with Crippen molar-refractivity contribution < 1.29 is 22.7 Å². The minimum atomic E-state index is -3.50. The number of fused-ring (bicyclic) bond motifs is 1. The van der Waals surface area contributed by atoms with Crippen molar-refractivity contribution in [3.63, 3.8) is 0 Å². The van der Waals surface area contributed by atoms with Crippen LogP contribution in [-0.2, 0) is 32.4 Å². The standard InChI is InChI=1S/C23H30N2O5S2/c1-15-11-12-16(2)18(14-15)25(32(4,28)29)13-7-10-20(26)24-22-21(23(27)30-3)17-8-5-6-9-19(17)31-22/h11-12,14H,5-10,13H2,1-4H3,(H,24,26). The van der Waals surface area contributed by atoms with Crippen LogP contribution in [0.15, 0.2) is 18.2 Å². The van der Waals surface area contributed by atoms with Crippen molar-refractivity contribution in [1.29, 1.82) is 0 Å². The second-order valence-corrected chi connectivity index (χ2v) is 11.2. The molecule has 1 amide bonds. The van der Waals surface area contributed by atoms with Gasteiger partial charge in [0.15, 0.2) is 0 Å². The van der Waals surface area contributed by atoms with Crippen molar-refractivity contribution in [2.45, 2.75) is 52.4 Å². The Labute approximate surface area is 193 Å². The highest BCUT2D eigenvalue weighted by molar-refractivity contribution is 7.92. The molecule has 9 heteroatoms. The molecule has 0 saturated carbocycles. The molecular weight excluding hydrogens is 448 g/mol. The van der Waals surface area contributed by atoms with Gasteiger partial charge in [0.25, 0.3) is 0 Å². The first kappa shape index (κ1) is 24.3. The van der Waals surface area contributed by atoms with E-state index in [1.165, 1.54) is 29.0 Å². The van der Waals surface area contributed by atoms with E-state index in [2.05, 4.69) is 5.32 Å². The number of benzene rings is 1. The van der Waals surface area contributed by atoms with Gasteiger partial charge in [0.1, 0.15) is 5.00 Å². The number of amides is 1. The van der Waals surface area contributed by atoms with Crippen LogP contribution in [0.4, 0.5) is 10.7 Å². The molecule has 174 valence electrons. The zero-order valence-electron chi connectivity index (χ0n) is 19.0. The van der Waals surface area contributed by atoms with Crippen LogP contribution >= 0.6 is 11.3 Å². The summed E-state index contributed by atoms with van der Waals surface area (Å²) in [5.41, 5.74) is 3.91. The van der Waals surface area contributed by atoms with Gasteiger partial charge in [-0.1, -0.05) is 12.1 Å². The molecule has 1 N–H and O–H groups in total. The third-order valence-corrected chi connectivity index (χ3v) is 8.00. The zero-order valence-corrected chi connectivity index (χ0v) is 20.6. The summed E-state index contributed by atoms with van der Waals surface area (Å²) in [5.74, 6) is -0.680. The molecule has 2 aromatic rings. The van der Waals surface area contributed by atoms with Gasteiger partial charge in [-0.15, -0.1) is 11.3 Å². The second kappa shape index (κ2) is 10.0. The fourth-order valence-electron chi connectivity index (χ4n) is 4.00. The molecule has 7 nitrogen and oxygen atoms in total. The topological polar surface area (TPSA) is 92.8 Å². The first-order chi connectivity index (χ1) is 15.1. The van der Waals surface area contributed by atoms with Gasteiger partial charge < -0.3 is 10.1 Å². The zero-order chi connectivity index (χ0) is 23.5. The lowest BCUT2D eigenvalue weighted by Gasteiger charge is -2.24. The van der Waals surface area contributed by atoms with Crippen LogP contribution in [0.5, 0.6) is 0 Å². The SMILES string of the molecule is COC(=O)c1c(NC(=O)CCCN(c2cc(C)ccc2C)S(C)(=O)=O)sc2c1CCCC2. The van der Waals surface area contributed by atoms with Crippen LogP contribution in [0.2, 0.25) is 0 Å². The van der Waals surface area contributed by atoms with Gasteiger partial charge in [0.05, 0.1) is 24.6 Å². The van der Waals surface area contributed by atoms with Crippen LogP contribution in [0.1, 0.15) is 57.6 Å². The fourth-order valence-corrected chi connectivity index (χ4v) is 6.31. The molecule has 0 bridgehead atoms. The molecule has 0 atom stereocenters. The summed E-state index contributed by atoms with van der Waals surface area (Å²) in [6, 6.07) is 5.67. The molecule has 0 fully saturated rings. The Morgan fingerprint density at radius 2 is 1.91 bits per heavy atom. The summed E-state index contributed by atoms with van der Waals surface area (Å²) >= 11 is 1.44. The van der Waals surface area contributed by atoms with E-state index >= 15 is 0 Å². The van der Waals surface area contributed by atoms with E-state index in [9.17, 15) is 18.0 Å². The molecular formula is C23H30N2O5S2. The van der Waals surface area contributed by atoms with E-state index < -0.39 is 16.0 Å². The number of carbonyl (C=O) groups excluding carboxylic acids is 2. The minimum absolute atomic E-state index is 0.139. The Bertz CT molecular complexity index is 1120. The van der Waals surface area contributed by atoms with E-state index in [-0.39, 0.29) is 18.9 Å². The van der Waals surface area contributed by atoms with Crippen molar-refractivity contribution in [2.24, 2.45) is 0 Å². The van der Waals surface area contributed by atoms with Crippen LogP contribution in [0, 0.1) is 13.8 Å². The third-order valence-electron chi connectivity index (χ3n) is 5.61. The number of thiophene rings is 1. The van der Waals surface area contributed by atoms with E-state index in [4.69, 9.17) is 4.74 Å². The predicted molar refractivity (Wildman–Crippen MR) is 128 cm³/mol. The maximum absolute atomic E-state index is 12.7. The molecule has 1 aromatic heterocycles. The largest absolute Gasteiger partial charge is 0.465 e. The molecule has 0 aliphatic heterocycles. The predicted octanol–water partition coefficient (Wildman–Crippen LogP) is 4.22. The lowest BCUT2D eigenvalue weighted by atomic mass is 9.95. The van der Waals surface area contributed by atoms with Crippen molar-refractivity contribution in [1.82, 2.24) is 0 Å². The van der Waals surface area contributed by atoms with Crippen LogP contribution in [0.3, 0.4) is 0 Å². The summed E-state index contributed by atoms with van der Waals surface area (Å²) < 4.78 is 31.1. The van der Waals surface area contributed by atoms with Gasteiger partial charge in [0.2, 0.25) is 15.9 Å². The monoisotopic (exact) mass is 478 g/mol. The molecule has 1 aliphatic rings. The maximum atomic E-state index is 12.7. The minimum Gasteiger partial charge on any atom is -0.465 e. The summed E-state index contributed by atoms with van der Waals surface area (Å²) in [6.07, 6.45) is 5.46. The number of ether oxygens (including phenoxy) is 1. The normalized spacial score (nSPS) is 13.4. The van der Waals surface area contributed by atoms with Crippen LogP contribution in [-0.4, -0.2) is 40.2 Å². The molecule has 0 radical (unpaired) electrons. The average molecular weight is 479 g/mol. The molecule has 1 heterocycles. The number of esters is 1. The number of methoxy groups -OCH3 is 1. The Morgan fingerprint density at radius 1 is 1.19 bits per heavy atom. The highest BCUT2D eigenvalue weighted by Gasteiger charge is 2.27. The van der Waals surface area contributed by atoms with Crippen molar-refractivity contribution in [3.05, 3.63) is 45.3 Å². The van der Waals surface area contributed by atoms with Crippen molar-refractivity contribution in [2.75, 3.05) is 29.5 Å². The van der Waals surface area contributed by atoms with E-state index in [0.717, 1.165) is 47.3 Å². The number of hydrogen-bond acceptors (Lipinski definition) is 6. The average Bonchev–Trinajstić information content (AvgIpc) is 3.09. The number of rotatable bonds is 8. The highest BCUT2D eigenvalue weighted by Crippen LogP contribution is 2.38. The first-order valence-electron chi connectivity index (χ1n) is 10.7. The van der Waals surface area contributed by atoms with E-state index in [0.29, 0.717) is 22.7 Å². The summed E-state index contributed by atoms with van der Waals surface area (Å²) in [5, 5.41) is 3.40. The Hall–Kier alpha value is -2.39. The van der Waals surface area contributed by atoms with Gasteiger partial charge in [-0.05, 0) is 68.7 Å². The summed E-state index contributed by atoms with van der Waals surface area (Å²) in [7, 11) is -2.15. The molecule has 1 aromatic carbocycles. The van der Waals surface area contributed by atoms with Crippen molar-refractivity contribution >= 4 is 43.9 Å². The number of sulfonamides is 1. The molecule has 32 heavy (non-hydrogen) atoms. The van der Waals surface area contributed by atoms with Gasteiger partial charge in [0, 0.05) is 17.8 Å². The lowest BCUT2D eigenvalue weighted by molar-refractivity contribution is -0.116. The molecule has 0 unspecified atom stereocenters. The molecule has 0 saturated heterocycles. The van der Waals surface area contributed by atoms with Gasteiger partial charge >= 0.3 is 5.97 Å². The maximum Gasteiger partial charge on any atom is 0.341 e. The van der Waals surface area contributed by atoms with Gasteiger partial charge in [-0.3, -0.25) is 9.10 Å². The number of hydrogen-bond donors (Lipinski definition) is 1. The number of nitrogens with one attached hydrogen (secondary N) is 1. The second-order valence-electron chi connectivity index (χ2n) is 8.18. The Balaban J connectivity index is 1.70. The number of aryl methyl sites for hydroxylation is 3. The highest BCUT2D eigenvalue weighted by atomic mass is 32.2. The number of anilines is 2. The van der Waals surface area contributed by atoms with E-state index in [1.807, 2.05) is 32.0 Å². The molecule has 0 spiro atoms. The molecule has 3 rings (SSSR count). The van der Waals surface area contributed by atoms with Crippen LogP contribution in [0.25, 0.3) is 0 Å². The van der Waals surface area contributed by atoms with Crippen molar-refractivity contribution in [3.8, 4) is 0 Å². The summed E-state index contributed by atoms with van der Waals surface area (Å²) in [4.78, 5) is 26.1. The van der Waals surface area contributed by atoms with Crippen LogP contribution < -0.4 is 9.62 Å². The quantitative estimate of drug-likeness (QED) is 0.574. The fraction of sp³-hybridized carbons (Fsp3) is 0.478. The molecule has 1 aliphatic carbocycles. The third kappa shape index (κ3) is 5.50. The first-order valence-corrected chi connectivity index (χ1v) is 13.4. The lowest BCUT2D eigenvalue weighted by Crippen LogP contribution is -2.32. The Kier molecular flexibility index (Phi) is 7.61. The Morgan fingerprint density at radius 3 is 2.59 bits per heavy atom. The van der Waals surface area contributed by atoms with E-state index in [1.54, 1.807) is 0 Å². The summed E-state index contributed by atoms with van der Waals surface area (Å²) in [6.45, 7) is 3.98. The number of nitrogens with zero attached hydrogens (tertiary/aromatic N) is 1. The van der Waals surface area contributed by atoms with Gasteiger partial charge in [-0.25, -0.2) is 13.2 Å².